The molecule has 0 saturated carbocycles. The van der Waals surface area contributed by atoms with Crippen LogP contribution in [0.5, 0.6) is 5.75 Å². The van der Waals surface area contributed by atoms with Crippen molar-refractivity contribution >= 4 is 15.7 Å². The van der Waals surface area contributed by atoms with Crippen LogP contribution in [0.15, 0.2) is 53.4 Å². The predicted octanol–water partition coefficient (Wildman–Crippen LogP) is 3.13. The first-order valence-corrected chi connectivity index (χ1v) is 10.2. The number of benzene rings is 2. The maximum atomic E-state index is 13.0. The minimum atomic E-state index is -3.52. The number of anilines is 1. The molecule has 1 aliphatic rings. The van der Waals surface area contributed by atoms with Crippen molar-refractivity contribution in [1.82, 2.24) is 4.31 Å². The van der Waals surface area contributed by atoms with Gasteiger partial charge in [0, 0.05) is 31.9 Å². The van der Waals surface area contributed by atoms with Gasteiger partial charge in [-0.2, -0.15) is 4.31 Å². The molecule has 1 fully saturated rings. The molecule has 140 valence electrons. The van der Waals surface area contributed by atoms with E-state index in [9.17, 15) is 12.8 Å². The fourth-order valence-corrected chi connectivity index (χ4v) is 4.34. The summed E-state index contributed by atoms with van der Waals surface area (Å²) in [7, 11) is -3.52. The Morgan fingerprint density at radius 1 is 0.962 bits per heavy atom. The van der Waals surface area contributed by atoms with Crippen LogP contribution in [0.1, 0.15) is 13.3 Å². The van der Waals surface area contributed by atoms with E-state index in [4.69, 9.17) is 4.74 Å². The Kier molecular flexibility index (Phi) is 5.78. The topological polar surface area (TPSA) is 49.9 Å². The van der Waals surface area contributed by atoms with E-state index in [2.05, 4.69) is 4.90 Å². The summed E-state index contributed by atoms with van der Waals surface area (Å²) in [6, 6.07) is 12.8. The number of nitrogens with zero attached hydrogens (tertiary/aromatic N) is 2. The fourth-order valence-electron chi connectivity index (χ4n) is 2.92. The van der Waals surface area contributed by atoms with Gasteiger partial charge in [-0.25, -0.2) is 12.8 Å². The summed E-state index contributed by atoms with van der Waals surface area (Å²) in [5.41, 5.74) is 0.904. The molecular formula is C19H23FN2O3S. The predicted molar refractivity (Wildman–Crippen MR) is 99.6 cm³/mol. The summed E-state index contributed by atoms with van der Waals surface area (Å²) < 4.78 is 45.7. The molecule has 0 aromatic heterocycles. The summed E-state index contributed by atoms with van der Waals surface area (Å²) in [6.45, 7) is 4.56. The minimum absolute atomic E-state index is 0.275. The lowest BCUT2D eigenvalue weighted by molar-refractivity contribution is 0.317. The normalized spacial score (nSPS) is 15.8. The molecule has 0 amide bonds. The van der Waals surface area contributed by atoms with Gasteiger partial charge < -0.3 is 9.64 Å². The average Bonchev–Trinajstić information content (AvgIpc) is 2.67. The number of piperazine rings is 1. The Labute approximate surface area is 154 Å². The van der Waals surface area contributed by atoms with E-state index < -0.39 is 10.0 Å². The van der Waals surface area contributed by atoms with Crippen LogP contribution in [0.2, 0.25) is 0 Å². The highest BCUT2D eigenvalue weighted by Gasteiger charge is 2.28. The number of hydrogen-bond acceptors (Lipinski definition) is 4. The van der Waals surface area contributed by atoms with Gasteiger partial charge in [0.15, 0.2) is 0 Å². The average molecular weight is 378 g/mol. The molecule has 0 radical (unpaired) electrons. The maximum absolute atomic E-state index is 13.0. The molecule has 1 saturated heterocycles. The van der Waals surface area contributed by atoms with Gasteiger partial charge in [0.25, 0.3) is 0 Å². The molecule has 0 atom stereocenters. The Morgan fingerprint density at radius 2 is 1.58 bits per heavy atom. The molecule has 3 rings (SSSR count). The van der Waals surface area contributed by atoms with E-state index in [1.807, 2.05) is 6.92 Å². The van der Waals surface area contributed by atoms with Gasteiger partial charge in [-0.3, -0.25) is 0 Å². The van der Waals surface area contributed by atoms with E-state index in [-0.39, 0.29) is 10.7 Å². The molecule has 1 aliphatic heterocycles. The molecule has 1 heterocycles. The summed E-state index contributed by atoms with van der Waals surface area (Å²) in [6.07, 6.45) is 0.901. The van der Waals surface area contributed by atoms with Gasteiger partial charge in [-0.15, -0.1) is 0 Å². The molecule has 5 nitrogen and oxygen atoms in total. The molecular weight excluding hydrogens is 355 g/mol. The van der Waals surface area contributed by atoms with Crippen LogP contribution in [-0.4, -0.2) is 45.5 Å². The van der Waals surface area contributed by atoms with Crippen LogP contribution in [0.25, 0.3) is 0 Å². The Balaban J connectivity index is 1.65. The van der Waals surface area contributed by atoms with Gasteiger partial charge in [0.1, 0.15) is 11.6 Å². The smallest absolute Gasteiger partial charge is 0.243 e. The number of halogens is 1. The number of ether oxygens (including phenoxy) is 1. The van der Waals surface area contributed by atoms with Crippen LogP contribution in [0.3, 0.4) is 0 Å². The molecule has 0 N–H and O–H groups in total. The van der Waals surface area contributed by atoms with Gasteiger partial charge >= 0.3 is 0 Å². The third-order valence-corrected chi connectivity index (χ3v) is 6.28. The Hall–Kier alpha value is -2.12. The maximum Gasteiger partial charge on any atom is 0.243 e. The SMILES string of the molecule is CCCOc1ccc(S(=O)(=O)N2CCN(c3ccc(F)cc3)CC2)cc1. The van der Waals surface area contributed by atoms with Crippen molar-refractivity contribution in [2.75, 3.05) is 37.7 Å². The van der Waals surface area contributed by atoms with Crippen molar-refractivity contribution in [2.45, 2.75) is 18.2 Å². The highest BCUT2D eigenvalue weighted by atomic mass is 32.2. The third-order valence-electron chi connectivity index (χ3n) is 4.36. The van der Waals surface area contributed by atoms with Crippen molar-refractivity contribution in [2.24, 2.45) is 0 Å². The van der Waals surface area contributed by atoms with E-state index >= 15 is 0 Å². The highest BCUT2D eigenvalue weighted by molar-refractivity contribution is 7.89. The first-order valence-electron chi connectivity index (χ1n) is 8.74. The first-order chi connectivity index (χ1) is 12.5. The lowest BCUT2D eigenvalue weighted by Crippen LogP contribution is -2.48. The molecule has 0 aliphatic carbocycles. The first kappa shape index (κ1) is 18.7. The van der Waals surface area contributed by atoms with Gasteiger partial charge in [-0.05, 0) is 55.0 Å². The molecule has 7 heteroatoms. The van der Waals surface area contributed by atoms with Gasteiger partial charge in [0.05, 0.1) is 11.5 Å². The molecule has 2 aromatic carbocycles. The zero-order valence-corrected chi connectivity index (χ0v) is 15.6. The standard InChI is InChI=1S/C19H23FN2O3S/c1-2-15-25-18-7-9-19(10-8-18)26(23,24)22-13-11-21(12-14-22)17-5-3-16(20)4-6-17/h3-10H,2,11-15H2,1H3. The number of hydrogen-bond donors (Lipinski definition) is 0. The van der Waals surface area contributed by atoms with Crippen molar-refractivity contribution in [3.8, 4) is 5.75 Å². The zero-order valence-electron chi connectivity index (χ0n) is 14.8. The van der Waals surface area contributed by atoms with Gasteiger partial charge in [0.2, 0.25) is 10.0 Å². The summed E-state index contributed by atoms with van der Waals surface area (Å²) >= 11 is 0. The second-order valence-electron chi connectivity index (χ2n) is 6.19. The van der Waals surface area contributed by atoms with Crippen molar-refractivity contribution in [1.29, 1.82) is 0 Å². The van der Waals surface area contributed by atoms with E-state index in [1.54, 1.807) is 36.4 Å². The largest absolute Gasteiger partial charge is 0.494 e. The Bertz CT molecular complexity index is 815. The second-order valence-corrected chi connectivity index (χ2v) is 8.13. The molecule has 0 spiro atoms. The van der Waals surface area contributed by atoms with Crippen LogP contribution in [0, 0.1) is 5.82 Å². The second kappa shape index (κ2) is 8.05. The van der Waals surface area contributed by atoms with E-state index in [0.29, 0.717) is 38.5 Å². The summed E-state index contributed by atoms with van der Waals surface area (Å²) in [4.78, 5) is 2.34. The minimum Gasteiger partial charge on any atom is -0.494 e. The van der Waals surface area contributed by atoms with Crippen LogP contribution in [-0.2, 0) is 10.0 Å². The Morgan fingerprint density at radius 3 is 2.15 bits per heavy atom. The quantitative estimate of drug-likeness (QED) is 0.775. The van der Waals surface area contributed by atoms with E-state index in [0.717, 1.165) is 12.1 Å². The molecule has 2 aromatic rings. The summed E-state index contributed by atoms with van der Waals surface area (Å²) in [5.74, 6) is 0.397. The van der Waals surface area contributed by atoms with Gasteiger partial charge in [-0.1, -0.05) is 6.92 Å². The molecule has 26 heavy (non-hydrogen) atoms. The third kappa shape index (κ3) is 4.16. The van der Waals surface area contributed by atoms with Crippen molar-refractivity contribution in [3.63, 3.8) is 0 Å². The lowest BCUT2D eigenvalue weighted by Gasteiger charge is -2.35. The zero-order chi connectivity index (χ0) is 18.6. The molecule has 0 bridgehead atoms. The number of sulfonamides is 1. The van der Waals surface area contributed by atoms with Crippen LogP contribution in [0.4, 0.5) is 10.1 Å². The molecule has 0 unspecified atom stereocenters. The van der Waals surface area contributed by atoms with Crippen molar-refractivity contribution < 1.29 is 17.5 Å². The monoisotopic (exact) mass is 378 g/mol. The number of rotatable bonds is 6. The van der Waals surface area contributed by atoms with Crippen LogP contribution >= 0.6 is 0 Å². The highest BCUT2D eigenvalue weighted by Crippen LogP contribution is 2.23. The summed E-state index contributed by atoms with van der Waals surface area (Å²) in [5, 5.41) is 0. The fraction of sp³-hybridized carbons (Fsp3) is 0.368. The lowest BCUT2D eigenvalue weighted by atomic mass is 10.2. The van der Waals surface area contributed by atoms with Crippen molar-refractivity contribution in [3.05, 3.63) is 54.3 Å². The van der Waals surface area contributed by atoms with E-state index in [1.165, 1.54) is 16.4 Å². The van der Waals surface area contributed by atoms with Crippen LogP contribution < -0.4 is 9.64 Å².